The summed E-state index contributed by atoms with van der Waals surface area (Å²) < 4.78 is 22.9. The van der Waals surface area contributed by atoms with E-state index in [1.807, 2.05) is 72.8 Å². The van der Waals surface area contributed by atoms with Gasteiger partial charge in [0.1, 0.15) is 24.7 Å². The van der Waals surface area contributed by atoms with Crippen molar-refractivity contribution in [1.29, 1.82) is 0 Å². The van der Waals surface area contributed by atoms with Crippen molar-refractivity contribution in [3.63, 3.8) is 0 Å². The lowest BCUT2D eigenvalue weighted by Gasteiger charge is -2.12. The summed E-state index contributed by atoms with van der Waals surface area (Å²) in [5.41, 5.74) is 13.5. The van der Waals surface area contributed by atoms with E-state index in [0.29, 0.717) is 39.6 Å². The fourth-order valence-corrected chi connectivity index (χ4v) is 3.58. The van der Waals surface area contributed by atoms with E-state index in [-0.39, 0.29) is 0 Å². The summed E-state index contributed by atoms with van der Waals surface area (Å²) in [6, 6.07) is 23.4. The third-order valence-electron chi connectivity index (χ3n) is 5.18. The normalized spacial score (nSPS) is 11.1. The molecule has 0 heterocycles. The lowest BCUT2D eigenvalue weighted by Crippen LogP contribution is -2.13. The third-order valence-corrected chi connectivity index (χ3v) is 5.18. The maximum atomic E-state index is 6.02. The summed E-state index contributed by atoms with van der Waals surface area (Å²) in [5.74, 6) is 1.61. The lowest BCUT2D eigenvalue weighted by molar-refractivity contribution is 0.0276. The summed E-state index contributed by atoms with van der Waals surface area (Å²) in [5, 5.41) is 4.00. The number of hydrogen-bond donors (Lipinski definition) is 2. The van der Waals surface area contributed by atoms with Gasteiger partial charge >= 0.3 is 0 Å². The fraction of sp³-hybridized carbons (Fsp3) is 0.231. The molecule has 4 aromatic rings. The average molecular weight is 433 g/mol. The van der Waals surface area contributed by atoms with E-state index in [2.05, 4.69) is 0 Å². The van der Waals surface area contributed by atoms with Crippen LogP contribution in [0, 0.1) is 0 Å². The minimum atomic E-state index is 0.460. The van der Waals surface area contributed by atoms with Gasteiger partial charge in [-0.05, 0) is 24.3 Å². The van der Waals surface area contributed by atoms with Gasteiger partial charge in [-0.3, -0.25) is 0 Å². The monoisotopic (exact) mass is 432 g/mol. The quantitative estimate of drug-likeness (QED) is 0.265. The standard InChI is InChI=1S/C26H28N2O4/c27-23-9-11-25(21-7-3-1-5-19(21)23)31-17-15-29-13-14-30-16-18-32-26-12-10-24(28)20-6-2-4-8-22(20)26/h1-12H,13-18,27-28H2. The molecule has 4 N–H and O–H groups in total. The molecule has 4 aromatic carbocycles. The Balaban J connectivity index is 1.11. The van der Waals surface area contributed by atoms with Crippen LogP contribution in [0.25, 0.3) is 21.5 Å². The molecular weight excluding hydrogens is 404 g/mol. The second kappa shape index (κ2) is 10.7. The number of benzene rings is 4. The first kappa shape index (κ1) is 21.7. The minimum Gasteiger partial charge on any atom is -0.491 e. The predicted molar refractivity (Wildman–Crippen MR) is 129 cm³/mol. The van der Waals surface area contributed by atoms with Crippen molar-refractivity contribution >= 4 is 32.9 Å². The molecule has 0 amide bonds. The van der Waals surface area contributed by atoms with Gasteiger partial charge in [-0.1, -0.05) is 48.5 Å². The number of rotatable bonds is 11. The summed E-state index contributed by atoms with van der Waals surface area (Å²) in [7, 11) is 0. The maximum absolute atomic E-state index is 6.02. The molecule has 166 valence electrons. The van der Waals surface area contributed by atoms with Gasteiger partial charge in [0.15, 0.2) is 0 Å². The van der Waals surface area contributed by atoms with Crippen molar-refractivity contribution in [3.05, 3.63) is 72.8 Å². The Kier molecular flexibility index (Phi) is 7.27. The lowest BCUT2D eigenvalue weighted by atomic mass is 10.1. The summed E-state index contributed by atoms with van der Waals surface area (Å²) in [6.45, 7) is 2.88. The van der Waals surface area contributed by atoms with E-state index < -0.39 is 0 Å². The molecule has 4 rings (SSSR count). The molecule has 0 bridgehead atoms. The highest BCUT2D eigenvalue weighted by Gasteiger charge is 2.05. The maximum Gasteiger partial charge on any atom is 0.127 e. The number of fused-ring (bicyclic) bond motifs is 2. The minimum absolute atomic E-state index is 0.460. The molecule has 0 unspecified atom stereocenters. The van der Waals surface area contributed by atoms with Crippen LogP contribution in [0.15, 0.2) is 72.8 Å². The number of ether oxygens (including phenoxy) is 4. The topological polar surface area (TPSA) is 89.0 Å². The Morgan fingerprint density at radius 2 is 0.812 bits per heavy atom. The zero-order valence-electron chi connectivity index (χ0n) is 18.0. The number of hydrogen-bond acceptors (Lipinski definition) is 6. The van der Waals surface area contributed by atoms with Crippen LogP contribution < -0.4 is 20.9 Å². The molecule has 0 fully saturated rings. The molecule has 0 aliphatic heterocycles. The molecule has 0 atom stereocenters. The smallest absolute Gasteiger partial charge is 0.127 e. The highest BCUT2D eigenvalue weighted by molar-refractivity contribution is 5.97. The third kappa shape index (κ3) is 5.22. The van der Waals surface area contributed by atoms with Crippen LogP contribution >= 0.6 is 0 Å². The van der Waals surface area contributed by atoms with Gasteiger partial charge in [0.05, 0.1) is 26.4 Å². The molecule has 6 nitrogen and oxygen atoms in total. The number of nitrogens with two attached hydrogens (primary N) is 2. The molecule has 0 aliphatic rings. The van der Waals surface area contributed by atoms with Gasteiger partial charge in [0.2, 0.25) is 0 Å². The van der Waals surface area contributed by atoms with Crippen molar-refractivity contribution in [2.24, 2.45) is 0 Å². The Bertz CT molecular complexity index is 1090. The number of anilines is 2. The summed E-state index contributed by atoms with van der Waals surface area (Å²) in [4.78, 5) is 0. The van der Waals surface area contributed by atoms with Crippen LogP contribution in [-0.2, 0) is 9.47 Å². The van der Waals surface area contributed by atoms with Crippen LogP contribution in [0.3, 0.4) is 0 Å². The fourth-order valence-electron chi connectivity index (χ4n) is 3.58. The zero-order valence-corrected chi connectivity index (χ0v) is 18.0. The first-order valence-electron chi connectivity index (χ1n) is 10.7. The Morgan fingerprint density at radius 1 is 0.438 bits per heavy atom. The Labute approximate surface area is 187 Å². The SMILES string of the molecule is Nc1ccc(OCCOCCOCCOc2ccc(N)c3ccccc23)c2ccccc12. The molecule has 0 aromatic heterocycles. The largest absolute Gasteiger partial charge is 0.491 e. The van der Waals surface area contributed by atoms with Crippen LogP contribution in [0.2, 0.25) is 0 Å². The molecule has 0 radical (unpaired) electrons. The second-order valence-electron chi connectivity index (χ2n) is 7.32. The number of nitrogen functional groups attached to an aromatic ring is 2. The summed E-state index contributed by atoms with van der Waals surface area (Å²) in [6.07, 6.45) is 0. The first-order chi connectivity index (χ1) is 15.7. The highest BCUT2D eigenvalue weighted by Crippen LogP contribution is 2.30. The van der Waals surface area contributed by atoms with Gasteiger partial charge in [0.25, 0.3) is 0 Å². The molecule has 0 spiro atoms. The van der Waals surface area contributed by atoms with Gasteiger partial charge < -0.3 is 30.4 Å². The zero-order chi connectivity index (χ0) is 22.2. The van der Waals surface area contributed by atoms with Crippen LogP contribution in [0.4, 0.5) is 11.4 Å². The summed E-state index contributed by atoms with van der Waals surface area (Å²) >= 11 is 0. The van der Waals surface area contributed by atoms with E-state index >= 15 is 0 Å². The Morgan fingerprint density at radius 3 is 1.25 bits per heavy atom. The van der Waals surface area contributed by atoms with Gasteiger partial charge in [-0.15, -0.1) is 0 Å². The Hall–Kier alpha value is -3.48. The van der Waals surface area contributed by atoms with Crippen molar-refractivity contribution in [1.82, 2.24) is 0 Å². The van der Waals surface area contributed by atoms with Crippen LogP contribution in [0.1, 0.15) is 0 Å². The van der Waals surface area contributed by atoms with E-state index in [9.17, 15) is 0 Å². The van der Waals surface area contributed by atoms with Crippen molar-refractivity contribution < 1.29 is 18.9 Å². The van der Waals surface area contributed by atoms with Gasteiger partial charge in [-0.25, -0.2) is 0 Å². The molecule has 0 saturated heterocycles. The van der Waals surface area contributed by atoms with E-state index in [1.165, 1.54) is 0 Å². The average Bonchev–Trinajstić information content (AvgIpc) is 2.83. The van der Waals surface area contributed by atoms with Crippen LogP contribution in [-0.4, -0.2) is 39.6 Å². The molecule has 32 heavy (non-hydrogen) atoms. The van der Waals surface area contributed by atoms with Crippen molar-refractivity contribution in [2.75, 3.05) is 51.1 Å². The van der Waals surface area contributed by atoms with E-state index in [1.54, 1.807) is 0 Å². The molecule has 0 saturated carbocycles. The molecular formula is C26H28N2O4. The van der Waals surface area contributed by atoms with E-state index in [0.717, 1.165) is 44.4 Å². The van der Waals surface area contributed by atoms with E-state index in [4.69, 9.17) is 30.4 Å². The van der Waals surface area contributed by atoms with Crippen molar-refractivity contribution in [2.45, 2.75) is 0 Å². The van der Waals surface area contributed by atoms with Gasteiger partial charge in [-0.2, -0.15) is 0 Å². The molecule has 0 aliphatic carbocycles. The second-order valence-corrected chi connectivity index (χ2v) is 7.32. The predicted octanol–water partition coefficient (Wildman–Crippen LogP) is 4.65. The van der Waals surface area contributed by atoms with Gasteiger partial charge in [0, 0.05) is 32.9 Å². The van der Waals surface area contributed by atoms with Crippen molar-refractivity contribution in [3.8, 4) is 11.5 Å². The first-order valence-corrected chi connectivity index (χ1v) is 10.7. The highest BCUT2D eigenvalue weighted by atomic mass is 16.6. The molecule has 6 heteroatoms. The van der Waals surface area contributed by atoms with Crippen LogP contribution in [0.5, 0.6) is 11.5 Å².